The molecule has 0 unspecified atom stereocenters. The first-order valence-electron chi connectivity index (χ1n) is 7.59. The highest BCUT2D eigenvalue weighted by Crippen LogP contribution is 2.39. The van der Waals surface area contributed by atoms with Gasteiger partial charge in [0.1, 0.15) is 5.00 Å². The summed E-state index contributed by atoms with van der Waals surface area (Å²) in [6.07, 6.45) is 2.87. The number of hydrogen-bond acceptors (Lipinski definition) is 4. The Hall–Kier alpha value is -1.79. The molecule has 0 saturated heterocycles. The van der Waals surface area contributed by atoms with Crippen molar-refractivity contribution in [3.63, 3.8) is 0 Å². The van der Waals surface area contributed by atoms with Gasteiger partial charge in [-0.25, -0.2) is 0 Å². The number of thioether (sulfide) groups is 1. The lowest BCUT2D eigenvalue weighted by Crippen LogP contribution is -2.18. The molecule has 0 bridgehead atoms. The number of nitrogens with two attached hydrogens (primary N) is 1. The van der Waals surface area contributed by atoms with Crippen LogP contribution in [0, 0.1) is 0 Å². The number of carbonyl (C=O) groups is 2. The highest BCUT2D eigenvalue weighted by molar-refractivity contribution is 7.99. The maximum Gasteiger partial charge on any atom is 0.257 e. The number of anilines is 1. The minimum absolute atomic E-state index is 0.191. The van der Waals surface area contributed by atoms with Crippen molar-refractivity contribution in [1.29, 1.82) is 0 Å². The molecule has 1 aliphatic carbocycles. The Bertz CT molecular complexity index is 768. The van der Waals surface area contributed by atoms with Crippen molar-refractivity contribution >= 4 is 39.9 Å². The molecule has 0 spiro atoms. The van der Waals surface area contributed by atoms with Crippen molar-refractivity contribution in [2.75, 3.05) is 11.1 Å². The second-order valence-electron chi connectivity index (χ2n) is 5.31. The molecule has 6 heteroatoms. The first-order chi connectivity index (χ1) is 11.1. The van der Waals surface area contributed by atoms with Crippen molar-refractivity contribution < 1.29 is 9.59 Å². The molecule has 0 aliphatic heterocycles. The number of hydrogen-bond donors (Lipinski definition) is 2. The van der Waals surface area contributed by atoms with E-state index in [1.54, 1.807) is 17.8 Å². The molecule has 3 rings (SSSR count). The summed E-state index contributed by atoms with van der Waals surface area (Å²) in [6.45, 7) is 2.05. The maximum atomic E-state index is 12.6. The molecule has 2 amide bonds. The van der Waals surface area contributed by atoms with Gasteiger partial charge in [0.05, 0.1) is 11.1 Å². The predicted octanol–water partition coefficient (Wildman–Crippen LogP) is 3.70. The Kier molecular flexibility index (Phi) is 4.73. The number of nitrogens with one attached hydrogen (secondary N) is 1. The number of rotatable bonds is 5. The van der Waals surface area contributed by atoms with E-state index in [2.05, 4.69) is 5.32 Å². The van der Waals surface area contributed by atoms with Gasteiger partial charge in [-0.1, -0.05) is 19.1 Å². The molecule has 1 aromatic heterocycles. The molecule has 0 radical (unpaired) electrons. The summed E-state index contributed by atoms with van der Waals surface area (Å²) in [6, 6.07) is 7.51. The fourth-order valence-electron chi connectivity index (χ4n) is 2.86. The summed E-state index contributed by atoms with van der Waals surface area (Å²) >= 11 is 3.11. The van der Waals surface area contributed by atoms with Gasteiger partial charge in [0, 0.05) is 9.77 Å². The Morgan fingerprint density at radius 1 is 1.30 bits per heavy atom. The quantitative estimate of drug-likeness (QED) is 0.811. The van der Waals surface area contributed by atoms with Crippen molar-refractivity contribution in [2.45, 2.75) is 31.1 Å². The van der Waals surface area contributed by atoms with E-state index in [-0.39, 0.29) is 5.91 Å². The monoisotopic (exact) mass is 346 g/mol. The van der Waals surface area contributed by atoms with Crippen LogP contribution < -0.4 is 11.1 Å². The van der Waals surface area contributed by atoms with Gasteiger partial charge in [-0.3, -0.25) is 9.59 Å². The lowest BCUT2D eigenvalue weighted by atomic mass is 10.1. The van der Waals surface area contributed by atoms with Crippen LogP contribution in [-0.2, 0) is 12.8 Å². The number of benzene rings is 1. The van der Waals surface area contributed by atoms with E-state index < -0.39 is 5.91 Å². The van der Waals surface area contributed by atoms with E-state index in [9.17, 15) is 9.59 Å². The van der Waals surface area contributed by atoms with Crippen LogP contribution in [0.5, 0.6) is 0 Å². The third kappa shape index (κ3) is 3.14. The third-order valence-corrected chi connectivity index (χ3v) is 5.99. The smallest absolute Gasteiger partial charge is 0.257 e. The Morgan fingerprint density at radius 2 is 2.09 bits per heavy atom. The SMILES string of the molecule is CCSc1ccccc1C(=O)Nc1sc2c(c1C(N)=O)CCC2. The molecule has 0 atom stereocenters. The molecular weight excluding hydrogens is 328 g/mol. The second-order valence-corrected chi connectivity index (χ2v) is 7.72. The summed E-state index contributed by atoms with van der Waals surface area (Å²) < 4.78 is 0. The molecule has 0 fully saturated rings. The topological polar surface area (TPSA) is 72.2 Å². The molecular formula is C17H18N2O2S2. The van der Waals surface area contributed by atoms with Crippen molar-refractivity contribution in [3.05, 3.63) is 45.8 Å². The van der Waals surface area contributed by atoms with Crippen LogP contribution in [0.2, 0.25) is 0 Å². The molecule has 1 heterocycles. The summed E-state index contributed by atoms with van der Waals surface area (Å²) in [5, 5.41) is 3.49. The Balaban J connectivity index is 1.91. The lowest BCUT2D eigenvalue weighted by Gasteiger charge is -2.09. The molecule has 4 nitrogen and oxygen atoms in total. The number of fused-ring (bicyclic) bond motifs is 1. The molecule has 2 aromatic rings. The van der Waals surface area contributed by atoms with Crippen molar-refractivity contribution in [1.82, 2.24) is 0 Å². The van der Waals surface area contributed by atoms with Crippen LogP contribution in [0.4, 0.5) is 5.00 Å². The number of primary amides is 1. The third-order valence-electron chi connectivity index (χ3n) is 3.83. The van der Waals surface area contributed by atoms with Gasteiger partial charge in [-0.15, -0.1) is 23.1 Å². The average Bonchev–Trinajstić information content (AvgIpc) is 3.08. The molecule has 0 saturated carbocycles. The van der Waals surface area contributed by atoms with Crippen LogP contribution >= 0.6 is 23.1 Å². The predicted molar refractivity (Wildman–Crippen MR) is 95.7 cm³/mol. The van der Waals surface area contributed by atoms with Gasteiger partial charge >= 0.3 is 0 Å². The van der Waals surface area contributed by atoms with E-state index in [0.717, 1.165) is 35.5 Å². The van der Waals surface area contributed by atoms with E-state index >= 15 is 0 Å². The van der Waals surface area contributed by atoms with Gasteiger partial charge in [0.2, 0.25) is 0 Å². The van der Waals surface area contributed by atoms with Gasteiger partial charge in [-0.05, 0) is 42.7 Å². The molecule has 3 N–H and O–H groups in total. The van der Waals surface area contributed by atoms with E-state index in [1.165, 1.54) is 16.2 Å². The first kappa shape index (κ1) is 16.1. The zero-order chi connectivity index (χ0) is 16.4. The highest BCUT2D eigenvalue weighted by Gasteiger charge is 2.26. The van der Waals surface area contributed by atoms with Crippen LogP contribution in [0.25, 0.3) is 0 Å². The summed E-state index contributed by atoms with van der Waals surface area (Å²) in [4.78, 5) is 26.6. The van der Waals surface area contributed by atoms with Crippen molar-refractivity contribution in [3.8, 4) is 0 Å². The number of amides is 2. The maximum absolute atomic E-state index is 12.6. The van der Waals surface area contributed by atoms with E-state index in [1.807, 2.05) is 25.1 Å². The van der Waals surface area contributed by atoms with E-state index in [4.69, 9.17) is 5.73 Å². The van der Waals surface area contributed by atoms with Crippen LogP contribution in [0.15, 0.2) is 29.2 Å². The minimum Gasteiger partial charge on any atom is -0.365 e. The fourth-order valence-corrected chi connectivity index (χ4v) is 4.95. The Morgan fingerprint density at radius 3 is 2.83 bits per heavy atom. The van der Waals surface area contributed by atoms with Gasteiger partial charge in [-0.2, -0.15) is 0 Å². The number of carbonyl (C=O) groups excluding carboxylic acids is 2. The normalized spacial score (nSPS) is 12.9. The summed E-state index contributed by atoms with van der Waals surface area (Å²) in [5.41, 5.74) is 7.68. The summed E-state index contributed by atoms with van der Waals surface area (Å²) in [5.74, 6) is 0.240. The molecule has 120 valence electrons. The second kappa shape index (κ2) is 6.76. The van der Waals surface area contributed by atoms with Gasteiger partial charge in [0.15, 0.2) is 0 Å². The van der Waals surface area contributed by atoms with Crippen LogP contribution in [0.1, 0.15) is 44.5 Å². The zero-order valence-electron chi connectivity index (χ0n) is 12.8. The zero-order valence-corrected chi connectivity index (χ0v) is 14.5. The van der Waals surface area contributed by atoms with Gasteiger partial charge < -0.3 is 11.1 Å². The largest absolute Gasteiger partial charge is 0.365 e. The Labute approximate surface area is 143 Å². The van der Waals surface area contributed by atoms with Crippen LogP contribution in [-0.4, -0.2) is 17.6 Å². The fraction of sp³-hybridized carbons (Fsp3) is 0.294. The molecule has 1 aliphatic rings. The average molecular weight is 346 g/mol. The molecule has 23 heavy (non-hydrogen) atoms. The number of aryl methyl sites for hydroxylation is 1. The minimum atomic E-state index is -0.462. The van der Waals surface area contributed by atoms with Crippen molar-refractivity contribution in [2.24, 2.45) is 5.73 Å². The van der Waals surface area contributed by atoms with E-state index in [0.29, 0.717) is 16.1 Å². The lowest BCUT2D eigenvalue weighted by molar-refractivity contribution is 0.100. The highest BCUT2D eigenvalue weighted by atomic mass is 32.2. The number of thiophene rings is 1. The van der Waals surface area contributed by atoms with Gasteiger partial charge in [0.25, 0.3) is 11.8 Å². The van der Waals surface area contributed by atoms with Crippen LogP contribution in [0.3, 0.4) is 0 Å². The first-order valence-corrected chi connectivity index (χ1v) is 9.39. The molecule has 1 aromatic carbocycles. The summed E-state index contributed by atoms with van der Waals surface area (Å²) in [7, 11) is 0. The standard InChI is InChI=1S/C17H18N2O2S2/c1-2-22-12-8-4-3-6-11(12)16(21)19-17-14(15(18)20)10-7-5-9-13(10)23-17/h3-4,6,8H,2,5,7,9H2,1H3,(H2,18,20)(H,19,21).